The first kappa shape index (κ1) is 21.1. The Morgan fingerprint density at radius 2 is 2.22 bits per heavy atom. The largest absolute Gasteiger partial charge is 0.495 e. The molecule has 3 N–H and O–H groups in total. The van der Waals surface area contributed by atoms with E-state index in [1.807, 2.05) is 25.1 Å². The van der Waals surface area contributed by atoms with Gasteiger partial charge in [0.25, 0.3) is 5.91 Å². The normalized spacial score (nSPS) is 16.0. The topological polar surface area (TPSA) is 97.5 Å². The highest BCUT2D eigenvalue weighted by Crippen LogP contribution is 2.27. The molecule has 7 nitrogen and oxygen atoms in total. The summed E-state index contributed by atoms with van der Waals surface area (Å²) in [7, 11) is 1.56. The van der Waals surface area contributed by atoms with Crippen LogP contribution in [-0.2, 0) is 11.3 Å². The van der Waals surface area contributed by atoms with Gasteiger partial charge in [-0.3, -0.25) is 9.59 Å². The Morgan fingerprint density at radius 3 is 2.89 bits per heavy atom. The second-order valence-corrected chi connectivity index (χ2v) is 7.12. The van der Waals surface area contributed by atoms with Crippen molar-refractivity contribution in [3.8, 4) is 5.75 Å². The first-order chi connectivity index (χ1) is 12.5. The third-order valence-electron chi connectivity index (χ3n) is 4.37. The Balaban J connectivity index is 0.00000261. The number of rotatable bonds is 5. The van der Waals surface area contributed by atoms with E-state index in [-0.39, 0.29) is 24.2 Å². The quantitative estimate of drug-likeness (QED) is 0.789. The number of nitrogens with zero attached hydrogens (tertiary/aromatic N) is 2. The molecule has 1 fully saturated rings. The van der Waals surface area contributed by atoms with Crippen molar-refractivity contribution in [1.82, 2.24) is 9.88 Å². The number of nitrogens with one attached hydrogen (secondary N) is 1. The van der Waals surface area contributed by atoms with Crippen LogP contribution in [0.3, 0.4) is 0 Å². The molecule has 1 aromatic carbocycles. The Kier molecular flexibility index (Phi) is 7.18. The lowest BCUT2D eigenvalue weighted by molar-refractivity contribution is -0.119. The Hall–Kier alpha value is -2.16. The molecule has 3 rings (SSSR count). The summed E-state index contributed by atoms with van der Waals surface area (Å²) in [6.45, 7) is 2.78. The Labute approximate surface area is 168 Å². The van der Waals surface area contributed by atoms with Crippen LogP contribution in [0.2, 0.25) is 0 Å². The zero-order valence-corrected chi connectivity index (χ0v) is 16.9. The van der Waals surface area contributed by atoms with Crippen LogP contribution in [0.15, 0.2) is 23.6 Å². The van der Waals surface area contributed by atoms with Gasteiger partial charge in [0.2, 0.25) is 5.91 Å². The number of aryl methyl sites for hydroxylation is 1. The van der Waals surface area contributed by atoms with Crippen molar-refractivity contribution >= 4 is 41.2 Å². The molecule has 0 saturated carbocycles. The van der Waals surface area contributed by atoms with Gasteiger partial charge >= 0.3 is 0 Å². The molecule has 0 spiro atoms. The van der Waals surface area contributed by atoms with E-state index in [1.54, 1.807) is 17.4 Å². The van der Waals surface area contributed by atoms with Gasteiger partial charge in [-0.15, -0.1) is 23.7 Å². The molecule has 1 aliphatic heterocycles. The molecule has 1 unspecified atom stereocenters. The molecule has 0 bridgehead atoms. The van der Waals surface area contributed by atoms with Gasteiger partial charge < -0.3 is 20.7 Å². The summed E-state index contributed by atoms with van der Waals surface area (Å²) in [6.07, 6.45) is 1.41. The summed E-state index contributed by atoms with van der Waals surface area (Å²) in [6, 6.07) is 5.06. The number of likely N-dealkylation sites (tertiary alicyclic amines) is 1. The monoisotopic (exact) mass is 410 g/mol. The number of benzene rings is 1. The number of aromatic nitrogens is 1. The van der Waals surface area contributed by atoms with Crippen molar-refractivity contribution < 1.29 is 14.3 Å². The molecule has 1 aromatic heterocycles. The van der Waals surface area contributed by atoms with Gasteiger partial charge in [-0.1, -0.05) is 6.07 Å². The van der Waals surface area contributed by atoms with Crippen LogP contribution in [0.4, 0.5) is 5.69 Å². The number of thiazole rings is 1. The van der Waals surface area contributed by atoms with Crippen molar-refractivity contribution in [3.63, 3.8) is 0 Å². The van der Waals surface area contributed by atoms with E-state index < -0.39 is 6.04 Å². The second kappa shape index (κ2) is 9.16. The number of hydrogen-bond acceptors (Lipinski definition) is 6. The predicted octanol–water partition coefficient (Wildman–Crippen LogP) is 2.58. The molecule has 1 saturated heterocycles. The van der Waals surface area contributed by atoms with E-state index >= 15 is 0 Å². The standard InChI is InChI=1S/C18H22N4O3S.ClH/c1-11-5-6-15(25-2)12(8-11)21-17(23)14-4-3-7-22(14)18(24)13-10-26-16(9-19)20-13;/h5-6,8,10,14H,3-4,7,9,19H2,1-2H3,(H,21,23);1H. The van der Waals surface area contributed by atoms with Crippen molar-refractivity contribution in [1.29, 1.82) is 0 Å². The lowest BCUT2D eigenvalue weighted by Crippen LogP contribution is -2.43. The Bertz CT molecular complexity index is 827. The van der Waals surface area contributed by atoms with Gasteiger partial charge in [-0.25, -0.2) is 4.98 Å². The number of methoxy groups -OCH3 is 1. The molecule has 1 aliphatic rings. The van der Waals surface area contributed by atoms with Crippen LogP contribution < -0.4 is 15.8 Å². The predicted molar refractivity (Wildman–Crippen MR) is 108 cm³/mol. The van der Waals surface area contributed by atoms with Gasteiger partial charge in [0.15, 0.2) is 0 Å². The molecule has 2 aromatic rings. The Morgan fingerprint density at radius 1 is 1.44 bits per heavy atom. The van der Waals surface area contributed by atoms with Gasteiger partial charge in [0.1, 0.15) is 22.5 Å². The molecular weight excluding hydrogens is 388 g/mol. The number of hydrogen-bond donors (Lipinski definition) is 2. The van der Waals surface area contributed by atoms with E-state index in [4.69, 9.17) is 10.5 Å². The maximum absolute atomic E-state index is 12.8. The summed E-state index contributed by atoms with van der Waals surface area (Å²) >= 11 is 1.35. The minimum Gasteiger partial charge on any atom is -0.495 e. The average molecular weight is 411 g/mol. The fraction of sp³-hybridized carbons (Fsp3) is 0.389. The first-order valence-corrected chi connectivity index (χ1v) is 9.32. The number of halogens is 1. The third-order valence-corrected chi connectivity index (χ3v) is 5.25. The van der Waals surface area contributed by atoms with Crippen LogP contribution in [0.1, 0.15) is 33.9 Å². The van der Waals surface area contributed by atoms with Crippen LogP contribution in [-0.4, -0.2) is 41.4 Å². The molecule has 0 aliphatic carbocycles. The summed E-state index contributed by atoms with van der Waals surface area (Å²) in [5, 5.41) is 5.30. The second-order valence-electron chi connectivity index (χ2n) is 6.18. The lowest BCUT2D eigenvalue weighted by Gasteiger charge is -2.23. The van der Waals surface area contributed by atoms with E-state index in [1.165, 1.54) is 11.3 Å². The van der Waals surface area contributed by atoms with Gasteiger partial charge in [-0.2, -0.15) is 0 Å². The average Bonchev–Trinajstić information content (AvgIpc) is 3.30. The molecule has 27 heavy (non-hydrogen) atoms. The summed E-state index contributed by atoms with van der Waals surface area (Å²) in [5.41, 5.74) is 7.53. The molecule has 2 heterocycles. The molecule has 146 valence electrons. The van der Waals surface area contributed by atoms with Crippen LogP contribution in [0.25, 0.3) is 0 Å². The zero-order valence-electron chi connectivity index (χ0n) is 15.2. The van der Waals surface area contributed by atoms with E-state index in [0.717, 1.165) is 12.0 Å². The number of nitrogens with two attached hydrogens (primary N) is 1. The molecule has 1 atom stereocenters. The van der Waals surface area contributed by atoms with Gasteiger partial charge in [0, 0.05) is 18.5 Å². The minimum atomic E-state index is -0.518. The lowest BCUT2D eigenvalue weighted by atomic mass is 10.1. The van der Waals surface area contributed by atoms with Crippen molar-refractivity contribution in [2.45, 2.75) is 32.4 Å². The molecule has 9 heteroatoms. The van der Waals surface area contributed by atoms with E-state index in [2.05, 4.69) is 10.3 Å². The fourth-order valence-corrected chi connectivity index (χ4v) is 3.72. The summed E-state index contributed by atoms with van der Waals surface area (Å²) in [5.74, 6) is 0.149. The number of carbonyl (C=O) groups is 2. The highest BCUT2D eigenvalue weighted by atomic mass is 35.5. The zero-order chi connectivity index (χ0) is 18.7. The maximum atomic E-state index is 12.8. The smallest absolute Gasteiger partial charge is 0.274 e. The number of amides is 2. The number of carbonyl (C=O) groups excluding carboxylic acids is 2. The van der Waals surface area contributed by atoms with Crippen molar-refractivity contribution in [3.05, 3.63) is 39.8 Å². The van der Waals surface area contributed by atoms with Gasteiger partial charge in [0.05, 0.1) is 12.8 Å². The highest BCUT2D eigenvalue weighted by Gasteiger charge is 2.35. The van der Waals surface area contributed by atoms with E-state index in [9.17, 15) is 9.59 Å². The fourth-order valence-electron chi connectivity index (χ4n) is 3.07. The van der Waals surface area contributed by atoms with E-state index in [0.29, 0.717) is 41.6 Å². The van der Waals surface area contributed by atoms with Crippen LogP contribution in [0.5, 0.6) is 5.75 Å². The minimum absolute atomic E-state index is 0. The molecule has 2 amide bonds. The van der Waals surface area contributed by atoms with Crippen LogP contribution in [0, 0.1) is 6.92 Å². The highest BCUT2D eigenvalue weighted by molar-refractivity contribution is 7.09. The summed E-state index contributed by atoms with van der Waals surface area (Å²) in [4.78, 5) is 31.4. The molecular formula is C18H23ClN4O3S. The third kappa shape index (κ3) is 4.58. The summed E-state index contributed by atoms with van der Waals surface area (Å²) < 4.78 is 5.31. The van der Waals surface area contributed by atoms with Gasteiger partial charge in [-0.05, 0) is 37.5 Å². The number of ether oxygens (including phenoxy) is 1. The SMILES string of the molecule is COc1ccc(C)cc1NC(=O)C1CCCN1C(=O)c1csc(CN)n1.Cl. The van der Waals surface area contributed by atoms with Crippen molar-refractivity contribution in [2.24, 2.45) is 5.73 Å². The maximum Gasteiger partial charge on any atom is 0.274 e. The molecule has 0 radical (unpaired) electrons. The first-order valence-electron chi connectivity index (χ1n) is 8.44. The van der Waals surface area contributed by atoms with Crippen LogP contribution >= 0.6 is 23.7 Å². The van der Waals surface area contributed by atoms with Crippen molar-refractivity contribution in [2.75, 3.05) is 19.0 Å². The number of anilines is 1.